The molecule has 1 fully saturated rings. The number of aryl methyl sites for hydroxylation is 1. The number of fused-ring (bicyclic) bond motifs is 4. The highest BCUT2D eigenvalue weighted by atomic mass is 16.2. The molecule has 0 radical (unpaired) electrons. The van der Waals surface area contributed by atoms with Crippen molar-refractivity contribution in [3.8, 4) is 11.4 Å². The largest absolute Gasteiger partial charge is 0.349 e. The molecule has 8 heteroatoms. The molecular formula is C21H27N5O3. The standard InChI is InChI=1S/C21H27N5O3/c1-23(2)18(27)6-7-19(28)25-11-14-10-15(13-25)17-5-4-16(21(29)26(17)12-14)20-22-8-9-24(20)3/h4-5,8-9,14-15H,6-7,10-13H2,1-3H3/t14-,15+/m0/s1. The summed E-state index contributed by atoms with van der Waals surface area (Å²) in [5.74, 6) is 1.07. The Morgan fingerprint density at radius 2 is 1.97 bits per heavy atom. The van der Waals surface area contributed by atoms with Crippen LogP contribution in [0.4, 0.5) is 0 Å². The van der Waals surface area contributed by atoms with Gasteiger partial charge in [0, 0.05) is 77.6 Å². The molecule has 0 aliphatic carbocycles. The highest BCUT2D eigenvalue weighted by Gasteiger charge is 2.36. The van der Waals surface area contributed by atoms with E-state index < -0.39 is 0 Å². The summed E-state index contributed by atoms with van der Waals surface area (Å²) in [7, 11) is 5.28. The smallest absolute Gasteiger partial charge is 0.261 e. The fraction of sp³-hybridized carbons (Fsp3) is 0.524. The maximum atomic E-state index is 13.1. The third-order valence-corrected chi connectivity index (χ3v) is 6.07. The second-order valence-corrected chi connectivity index (χ2v) is 8.33. The average Bonchev–Trinajstić information content (AvgIpc) is 3.12. The van der Waals surface area contributed by atoms with Gasteiger partial charge in [-0.2, -0.15) is 0 Å². The summed E-state index contributed by atoms with van der Waals surface area (Å²) in [6.45, 7) is 1.86. The summed E-state index contributed by atoms with van der Waals surface area (Å²) in [5.41, 5.74) is 1.59. The van der Waals surface area contributed by atoms with Crippen LogP contribution in [0, 0.1) is 5.92 Å². The lowest BCUT2D eigenvalue weighted by Crippen LogP contribution is -2.49. The maximum Gasteiger partial charge on any atom is 0.261 e. The van der Waals surface area contributed by atoms with Crippen molar-refractivity contribution in [2.24, 2.45) is 13.0 Å². The minimum absolute atomic E-state index is 0.0112. The van der Waals surface area contributed by atoms with Gasteiger partial charge in [0.25, 0.3) is 5.56 Å². The van der Waals surface area contributed by atoms with E-state index in [2.05, 4.69) is 4.98 Å². The number of aromatic nitrogens is 3. The Labute approximate surface area is 169 Å². The molecule has 2 atom stereocenters. The van der Waals surface area contributed by atoms with E-state index in [0.717, 1.165) is 12.1 Å². The number of carbonyl (C=O) groups excluding carboxylic acids is 2. The van der Waals surface area contributed by atoms with E-state index in [1.165, 1.54) is 4.90 Å². The molecule has 2 aliphatic rings. The first-order valence-corrected chi connectivity index (χ1v) is 10.0. The van der Waals surface area contributed by atoms with Gasteiger partial charge in [-0.05, 0) is 24.5 Å². The quantitative estimate of drug-likeness (QED) is 0.773. The molecule has 8 nitrogen and oxygen atoms in total. The number of likely N-dealkylation sites (tertiary alicyclic amines) is 1. The highest BCUT2D eigenvalue weighted by Crippen LogP contribution is 2.36. The maximum absolute atomic E-state index is 13.1. The SMILES string of the molecule is CN(C)C(=O)CCC(=O)N1C[C@@H]2C[C@H](C1)c1ccc(-c3nccn3C)c(=O)n1C2. The normalized spacial score (nSPS) is 20.3. The van der Waals surface area contributed by atoms with E-state index in [9.17, 15) is 14.4 Å². The van der Waals surface area contributed by atoms with Crippen LogP contribution in [0.15, 0.2) is 29.3 Å². The first-order chi connectivity index (χ1) is 13.8. The first kappa shape index (κ1) is 19.4. The van der Waals surface area contributed by atoms with Crippen molar-refractivity contribution in [3.05, 3.63) is 40.6 Å². The Kier molecular flexibility index (Phi) is 5.02. The van der Waals surface area contributed by atoms with Crippen LogP contribution in [0.2, 0.25) is 0 Å². The Balaban J connectivity index is 1.54. The molecule has 0 saturated carbocycles. The molecule has 2 aliphatic heterocycles. The molecule has 2 aromatic heterocycles. The van der Waals surface area contributed by atoms with Crippen LogP contribution >= 0.6 is 0 Å². The second kappa shape index (κ2) is 7.50. The van der Waals surface area contributed by atoms with Crippen LogP contribution in [0.3, 0.4) is 0 Å². The number of rotatable bonds is 4. The molecule has 0 aromatic carbocycles. The van der Waals surface area contributed by atoms with Gasteiger partial charge >= 0.3 is 0 Å². The summed E-state index contributed by atoms with van der Waals surface area (Å²) < 4.78 is 3.73. The van der Waals surface area contributed by atoms with Crippen LogP contribution in [-0.4, -0.2) is 62.9 Å². The third-order valence-electron chi connectivity index (χ3n) is 6.07. The molecule has 4 heterocycles. The number of hydrogen-bond donors (Lipinski definition) is 0. The molecule has 0 N–H and O–H groups in total. The van der Waals surface area contributed by atoms with E-state index in [4.69, 9.17) is 0 Å². The van der Waals surface area contributed by atoms with Gasteiger partial charge in [0.1, 0.15) is 5.82 Å². The summed E-state index contributed by atoms with van der Waals surface area (Å²) in [5, 5.41) is 0. The summed E-state index contributed by atoms with van der Waals surface area (Å²) in [6.07, 6.45) is 4.99. The Bertz CT molecular complexity index is 1010. The van der Waals surface area contributed by atoms with E-state index in [0.29, 0.717) is 31.0 Å². The third kappa shape index (κ3) is 3.59. The molecule has 29 heavy (non-hydrogen) atoms. The van der Waals surface area contributed by atoms with E-state index in [1.54, 1.807) is 20.3 Å². The Morgan fingerprint density at radius 1 is 1.17 bits per heavy atom. The molecule has 154 valence electrons. The molecule has 1 saturated heterocycles. The van der Waals surface area contributed by atoms with Crippen LogP contribution in [0.1, 0.15) is 30.9 Å². The van der Waals surface area contributed by atoms with E-state index in [-0.39, 0.29) is 42.1 Å². The number of pyridine rings is 1. The lowest BCUT2D eigenvalue weighted by Gasteiger charge is -2.43. The molecule has 0 spiro atoms. The van der Waals surface area contributed by atoms with Gasteiger partial charge in [-0.15, -0.1) is 0 Å². The number of amides is 2. The summed E-state index contributed by atoms with van der Waals surface area (Å²) in [4.78, 5) is 45.3. The number of nitrogens with zero attached hydrogens (tertiary/aromatic N) is 5. The van der Waals surface area contributed by atoms with Crippen molar-refractivity contribution >= 4 is 11.8 Å². The van der Waals surface area contributed by atoms with Gasteiger partial charge < -0.3 is 18.9 Å². The number of hydrogen-bond acceptors (Lipinski definition) is 4. The van der Waals surface area contributed by atoms with Crippen LogP contribution in [0.25, 0.3) is 11.4 Å². The van der Waals surface area contributed by atoms with Crippen molar-refractivity contribution in [3.63, 3.8) is 0 Å². The lowest BCUT2D eigenvalue weighted by atomic mass is 9.82. The van der Waals surface area contributed by atoms with Gasteiger partial charge in [-0.3, -0.25) is 14.4 Å². The van der Waals surface area contributed by atoms with Gasteiger partial charge in [0.05, 0.1) is 5.56 Å². The minimum atomic E-state index is -0.0331. The van der Waals surface area contributed by atoms with Crippen molar-refractivity contribution in [1.82, 2.24) is 23.9 Å². The molecule has 4 rings (SSSR count). The fourth-order valence-electron chi connectivity index (χ4n) is 4.54. The highest BCUT2D eigenvalue weighted by molar-refractivity contribution is 5.83. The van der Waals surface area contributed by atoms with Crippen molar-refractivity contribution in [1.29, 1.82) is 0 Å². The molecule has 2 bridgehead atoms. The topological polar surface area (TPSA) is 80.4 Å². The van der Waals surface area contributed by atoms with Crippen LogP contribution < -0.4 is 5.56 Å². The lowest BCUT2D eigenvalue weighted by molar-refractivity contribution is -0.137. The zero-order chi connectivity index (χ0) is 20.7. The monoisotopic (exact) mass is 397 g/mol. The van der Waals surface area contributed by atoms with Crippen molar-refractivity contribution < 1.29 is 9.59 Å². The van der Waals surface area contributed by atoms with Gasteiger partial charge in [0.15, 0.2) is 0 Å². The van der Waals surface area contributed by atoms with Crippen molar-refractivity contribution in [2.45, 2.75) is 31.7 Å². The van der Waals surface area contributed by atoms with Crippen LogP contribution in [0.5, 0.6) is 0 Å². The minimum Gasteiger partial charge on any atom is -0.349 e. The Morgan fingerprint density at radius 3 is 2.66 bits per heavy atom. The Hall–Kier alpha value is -2.90. The second-order valence-electron chi connectivity index (χ2n) is 8.33. The fourth-order valence-corrected chi connectivity index (χ4v) is 4.54. The molecule has 2 amide bonds. The van der Waals surface area contributed by atoms with Crippen molar-refractivity contribution in [2.75, 3.05) is 27.2 Å². The van der Waals surface area contributed by atoms with E-state index in [1.807, 2.05) is 39.4 Å². The van der Waals surface area contributed by atoms with Gasteiger partial charge in [0.2, 0.25) is 11.8 Å². The number of carbonyl (C=O) groups is 2. The van der Waals surface area contributed by atoms with Gasteiger partial charge in [-0.1, -0.05) is 0 Å². The summed E-state index contributed by atoms with van der Waals surface area (Å²) >= 11 is 0. The molecule has 2 aromatic rings. The number of piperidine rings is 1. The zero-order valence-electron chi connectivity index (χ0n) is 17.2. The van der Waals surface area contributed by atoms with E-state index >= 15 is 0 Å². The van der Waals surface area contributed by atoms with Gasteiger partial charge in [-0.25, -0.2) is 4.98 Å². The predicted octanol–water partition coefficient (Wildman–Crippen LogP) is 1.06. The molecule has 0 unspecified atom stereocenters. The average molecular weight is 397 g/mol. The molecular weight excluding hydrogens is 370 g/mol. The first-order valence-electron chi connectivity index (χ1n) is 10.0. The zero-order valence-corrected chi connectivity index (χ0v) is 17.2. The number of imidazole rings is 1. The predicted molar refractivity (Wildman–Crippen MR) is 108 cm³/mol. The summed E-state index contributed by atoms with van der Waals surface area (Å²) in [6, 6.07) is 3.86. The van der Waals surface area contributed by atoms with Crippen LogP contribution in [-0.2, 0) is 23.2 Å².